The topological polar surface area (TPSA) is 42.4 Å². The van der Waals surface area contributed by atoms with E-state index in [0.717, 1.165) is 29.7 Å². The molecule has 1 unspecified atom stereocenters. The Labute approximate surface area is 174 Å². The molecule has 3 aromatic rings. The minimum absolute atomic E-state index is 0.0414. The van der Waals surface area contributed by atoms with Crippen molar-refractivity contribution in [3.63, 3.8) is 0 Å². The monoisotopic (exact) mass is 414 g/mol. The van der Waals surface area contributed by atoms with Crippen LogP contribution in [0.4, 0.5) is 5.13 Å². The van der Waals surface area contributed by atoms with E-state index in [4.69, 9.17) is 21.3 Å². The summed E-state index contributed by atoms with van der Waals surface area (Å²) in [5.41, 5.74) is 2.75. The van der Waals surface area contributed by atoms with Crippen molar-refractivity contribution in [2.24, 2.45) is 0 Å². The van der Waals surface area contributed by atoms with E-state index in [0.29, 0.717) is 28.2 Å². The van der Waals surface area contributed by atoms with Gasteiger partial charge in [-0.15, -0.1) is 0 Å². The molecule has 0 N–H and O–H groups in total. The molecule has 4 nitrogen and oxygen atoms in total. The van der Waals surface area contributed by atoms with E-state index in [2.05, 4.69) is 32.0 Å². The summed E-state index contributed by atoms with van der Waals surface area (Å²) in [5.74, 6) is 0.275. The molecule has 146 valence electrons. The third kappa shape index (κ3) is 3.93. The van der Waals surface area contributed by atoms with Crippen LogP contribution in [0.3, 0.4) is 0 Å². The first kappa shape index (κ1) is 19.4. The zero-order chi connectivity index (χ0) is 19.7. The van der Waals surface area contributed by atoms with Gasteiger partial charge in [-0.25, -0.2) is 4.98 Å². The third-order valence-electron chi connectivity index (χ3n) is 5.02. The lowest BCUT2D eigenvalue weighted by molar-refractivity contribution is 0.0917. The van der Waals surface area contributed by atoms with Crippen LogP contribution in [0.25, 0.3) is 10.2 Å². The Hall–Kier alpha value is -1.95. The predicted octanol–water partition coefficient (Wildman–Crippen LogP) is 5.90. The van der Waals surface area contributed by atoms with Crippen LogP contribution < -0.4 is 4.90 Å². The van der Waals surface area contributed by atoms with Crippen molar-refractivity contribution in [3.8, 4) is 0 Å². The van der Waals surface area contributed by atoms with E-state index in [9.17, 15) is 4.79 Å². The van der Waals surface area contributed by atoms with Crippen LogP contribution in [0.5, 0.6) is 0 Å². The molecule has 1 aliphatic heterocycles. The van der Waals surface area contributed by atoms with Gasteiger partial charge in [-0.2, -0.15) is 0 Å². The molecule has 2 aromatic carbocycles. The van der Waals surface area contributed by atoms with E-state index in [-0.39, 0.29) is 12.0 Å². The highest BCUT2D eigenvalue weighted by Crippen LogP contribution is 2.34. The lowest BCUT2D eigenvalue weighted by Gasteiger charge is -2.23. The first-order valence-electron chi connectivity index (χ1n) is 9.61. The van der Waals surface area contributed by atoms with E-state index < -0.39 is 0 Å². The molecule has 1 saturated heterocycles. The van der Waals surface area contributed by atoms with Crippen molar-refractivity contribution in [2.75, 3.05) is 18.1 Å². The van der Waals surface area contributed by atoms with Gasteiger partial charge >= 0.3 is 0 Å². The molecule has 0 aliphatic carbocycles. The van der Waals surface area contributed by atoms with E-state index >= 15 is 0 Å². The van der Waals surface area contributed by atoms with Gasteiger partial charge < -0.3 is 4.74 Å². The number of nitrogens with zero attached hydrogens (tertiary/aromatic N) is 2. The molecule has 1 atom stereocenters. The molecule has 0 saturated carbocycles. The Morgan fingerprint density at radius 2 is 2.14 bits per heavy atom. The van der Waals surface area contributed by atoms with Crippen molar-refractivity contribution in [3.05, 3.63) is 58.6 Å². The van der Waals surface area contributed by atoms with E-state index in [1.807, 2.05) is 0 Å². The number of amides is 1. The lowest BCUT2D eigenvalue weighted by atomic mass is 10.0. The highest BCUT2D eigenvalue weighted by atomic mass is 35.5. The molecule has 1 amide bonds. The van der Waals surface area contributed by atoms with Crippen LogP contribution in [-0.2, 0) is 4.74 Å². The number of halogens is 1. The first-order valence-corrected chi connectivity index (χ1v) is 10.8. The molecular formula is C22H23ClN2O2S. The maximum Gasteiger partial charge on any atom is 0.260 e. The van der Waals surface area contributed by atoms with Gasteiger partial charge in [0.15, 0.2) is 5.13 Å². The molecule has 6 heteroatoms. The number of carbonyl (C=O) groups is 1. The molecule has 28 heavy (non-hydrogen) atoms. The van der Waals surface area contributed by atoms with Crippen LogP contribution >= 0.6 is 22.9 Å². The van der Waals surface area contributed by atoms with Gasteiger partial charge in [0, 0.05) is 17.2 Å². The number of thiazole rings is 1. The van der Waals surface area contributed by atoms with Crippen LogP contribution in [0.2, 0.25) is 5.02 Å². The van der Waals surface area contributed by atoms with Gasteiger partial charge in [0.05, 0.1) is 22.9 Å². The Kier molecular flexibility index (Phi) is 5.67. The Balaban J connectivity index is 1.75. The molecule has 1 aromatic heterocycles. The quantitative estimate of drug-likeness (QED) is 0.522. The number of rotatable bonds is 5. The van der Waals surface area contributed by atoms with Crippen molar-refractivity contribution < 1.29 is 9.53 Å². The summed E-state index contributed by atoms with van der Waals surface area (Å²) in [5, 5.41) is 1.26. The van der Waals surface area contributed by atoms with Crippen LogP contribution in [-0.4, -0.2) is 30.1 Å². The minimum Gasteiger partial charge on any atom is -0.376 e. The standard InChI is InChI=1S/C22H23ClN2O2S/c1-14(2)18-9-4-10-19-20(18)24-22(28-19)25(13-17-8-5-11-27-17)21(26)15-6-3-7-16(23)12-15/h3-4,6-7,9-10,12,14,17H,5,8,11,13H2,1-2H3. The second kappa shape index (κ2) is 8.19. The molecule has 0 spiro atoms. The van der Waals surface area contributed by atoms with Gasteiger partial charge in [0.1, 0.15) is 0 Å². The summed E-state index contributed by atoms with van der Waals surface area (Å²) >= 11 is 7.67. The van der Waals surface area contributed by atoms with Crippen LogP contribution in [0.15, 0.2) is 42.5 Å². The van der Waals surface area contributed by atoms with Crippen molar-refractivity contribution in [1.82, 2.24) is 4.98 Å². The molecule has 4 rings (SSSR count). The fourth-order valence-electron chi connectivity index (χ4n) is 3.56. The van der Waals surface area contributed by atoms with Crippen LogP contribution in [0, 0.1) is 0 Å². The Bertz CT molecular complexity index is 995. The van der Waals surface area contributed by atoms with Gasteiger partial charge in [-0.1, -0.05) is 55.0 Å². The third-order valence-corrected chi connectivity index (χ3v) is 6.30. The fraction of sp³-hybridized carbons (Fsp3) is 0.364. The van der Waals surface area contributed by atoms with Gasteiger partial charge in [0.25, 0.3) is 5.91 Å². The lowest BCUT2D eigenvalue weighted by Crippen LogP contribution is -2.37. The van der Waals surface area contributed by atoms with Crippen molar-refractivity contribution in [2.45, 2.75) is 38.7 Å². The SMILES string of the molecule is CC(C)c1cccc2sc(N(CC3CCCO3)C(=O)c3cccc(Cl)c3)nc12. The molecule has 0 bridgehead atoms. The minimum atomic E-state index is -0.0943. The smallest absolute Gasteiger partial charge is 0.260 e. The van der Waals surface area contributed by atoms with E-state index in [1.54, 1.807) is 40.5 Å². The molecule has 0 radical (unpaired) electrons. The van der Waals surface area contributed by atoms with Gasteiger partial charge in [0.2, 0.25) is 0 Å². The number of ether oxygens (including phenoxy) is 1. The average Bonchev–Trinajstić information content (AvgIpc) is 3.34. The van der Waals surface area contributed by atoms with Crippen molar-refractivity contribution >= 4 is 44.2 Å². The zero-order valence-corrected chi connectivity index (χ0v) is 17.6. The summed E-state index contributed by atoms with van der Waals surface area (Å²) in [4.78, 5) is 20.0. The summed E-state index contributed by atoms with van der Waals surface area (Å²) < 4.78 is 6.90. The number of anilines is 1. The average molecular weight is 415 g/mol. The maximum atomic E-state index is 13.4. The molecular weight excluding hydrogens is 392 g/mol. The van der Waals surface area contributed by atoms with E-state index in [1.165, 1.54) is 5.56 Å². The number of fused-ring (bicyclic) bond motifs is 1. The molecule has 2 heterocycles. The van der Waals surface area contributed by atoms with Crippen LogP contribution in [0.1, 0.15) is 48.5 Å². The number of aromatic nitrogens is 1. The largest absolute Gasteiger partial charge is 0.376 e. The number of para-hydroxylation sites is 1. The number of hydrogen-bond acceptors (Lipinski definition) is 4. The summed E-state index contributed by atoms with van der Waals surface area (Å²) in [6.45, 7) is 5.58. The highest BCUT2D eigenvalue weighted by Gasteiger charge is 2.27. The predicted molar refractivity (Wildman–Crippen MR) is 116 cm³/mol. The normalized spacial score (nSPS) is 16.8. The Morgan fingerprint density at radius 1 is 1.32 bits per heavy atom. The molecule has 1 fully saturated rings. The first-order chi connectivity index (χ1) is 13.5. The second-order valence-electron chi connectivity index (χ2n) is 7.41. The second-order valence-corrected chi connectivity index (χ2v) is 8.85. The highest BCUT2D eigenvalue weighted by molar-refractivity contribution is 7.22. The number of carbonyl (C=O) groups excluding carboxylic acids is 1. The number of benzene rings is 2. The maximum absolute atomic E-state index is 13.4. The van der Waals surface area contributed by atoms with Gasteiger partial charge in [-0.3, -0.25) is 9.69 Å². The molecule has 1 aliphatic rings. The number of hydrogen-bond donors (Lipinski definition) is 0. The zero-order valence-electron chi connectivity index (χ0n) is 16.0. The van der Waals surface area contributed by atoms with Crippen molar-refractivity contribution in [1.29, 1.82) is 0 Å². The summed E-state index contributed by atoms with van der Waals surface area (Å²) in [6.07, 6.45) is 2.03. The Morgan fingerprint density at radius 3 is 2.86 bits per heavy atom. The summed E-state index contributed by atoms with van der Waals surface area (Å²) in [6, 6.07) is 13.3. The fourth-order valence-corrected chi connectivity index (χ4v) is 4.75. The summed E-state index contributed by atoms with van der Waals surface area (Å²) in [7, 11) is 0. The van der Waals surface area contributed by atoms with Gasteiger partial charge in [-0.05, 0) is 48.6 Å².